The Bertz CT molecular complexity index is 2650. The van der Waals surface area contributed by atoms with Crippen LogP contribution in [0, 0.1) is 0 Å². The molecule has 0 radical (unpaired) electrons. The summed E-state index contributed by atoms with van der Waals surface area (Å²) in [7, 11) is 0. The van der Waals surface area contributed by atoms with Gasteiger partial charge in [-0.2, -0.15) is 0 Å². The first-order chi connectivity index (χ1) is 19.8. The summed E-state index contributed by atoms with van der Waals surface area (Å²) >= 11 is 1.86. The molecule has 3 nitrogen and oxygen atoms in total. The van der Waals surface area contributed by atoms with Gasteiger partial charge in [0.2, 0.25) is 0 Å². The van der Waals surface area contributed by atoms with Crippen LogP contribution in [0.2, 0.25) is 0 Å². The van der Waals surface area contributed by atoms with Crippen molar-refractivity contribution >= 4 is 91.7 Å². The molecule has 4 heterocycles. The van der Waals surface area contributed by atoms with Gasteiger partial charge < -0.3 is 0 Å². The zero-order valence-electron chi connectivity index (χ0n) is 21.2. The molecule has 4 aromatic heterocycles. The number of nitrogens with zero attached hydrogens (tertiary/aromatic N) is 3. The molecule has 184 valence electrons. The predicted octanol–water partition coefficient (Wildman–Crippen LogP) is 9.97. The molecule has 10 aromatic rings. The molecule has 4 heteroatoms. The number of rotatable bonds is 1. The second-order valence-electron chi connectivity index (χ2n) is 10.6. The van der Waals surface area contributed by atoms with Crippen molar-refractivity contribution in [2.45, 2.75) is 0 Å². The molecule has 0 atom stereocenters. The fraction of sp³-hybridized carbons (Fsp3) is 0. The zero-order valence-corrected chi connectivity index (χ0v) is 22.0. The van der Waals surface area contributed by atoms with Gasteiger partial charge >= 0.3 is 0 Å². The molecule has 0 N–H and O–H groups in total. The van der Waals surface area contributed by atoms with Crippen molar-refractivity contribution in [1.29, 1.82) is 0 Å². The van der Waals surface area contributed by atoms with Crippen molar-refractivity contribution in [2.24, 2.45) is 0 Å². The van der Waals surface area contributed by atoms with Gasteiger partial charge in [-0.1, -0.05) is 66.7 Å². The first-order valence-electron chi connectivity index (χ1n) is 13.5. The van der Waals surface area contributed by atoms with Crippen molar-refractivity contribution in [3.05, 3.63) is 115 Å². The second kappa shape index (κ2) is 7.32. The summed E-state index contributed by atoms with van der Waals surface area (Å²) in [6, 6.07) is 41.7. The van der Waals surface area contributed by atoms with Crippen LogP contribution < -0.4 is 0 Å². The van der Waals surface area contributed by atoms with Gasteiger partial charge in [-0.15, -0.1) is 11.3 Å². The van der Waals surface area contributed by atoms with Crippen LogP contribution >= 0.6 is 11.3 Å². The van der Waals surface area contributed by atoms with E-state index < -0.39 is 0 Å². The fourth-order valence-corrected chi connectivity index (χ4v) is 7.80. The summed E-state index contributed by atoms with van der Waals surface area (Å²) in [6.07, 6.45) is 0. The Hall–Kier alpha value is -5.06. The number of hydrogen-bond donors (Lipinski definition) is 0. The number of para-hydroxylation sites is 2. The standard InChI is InChI=1S/C36H19N3S/c1-2-8-23-20(7-1)13-15-30-33(23)26-18-22(21-14-16-32-25(17-21)24-9-3-6-12-31(24)40-32)19-27-34-36(39(30)35(26)27)38-29-11-5-4-10-28(29)37-34/h1-19H. The van der Waals surface area contributed by atoms with E-state index in [4.69, 9.17) is 9.97 Å². The highest BCUT2D eigenvalue weighted by molar-refractivity contribution is 7.25. The average molecular weight is 526 g/mol. The molecule has 0 saturated carbocycles. The number of aromatic nitrogens is 3. The van der Waals surface area contributed by atoms with E-state index in [1.165, 1.54) is 63.9 Å². The molecule has 0 unspecified atom stereocenters. The van der Waals surface area contributed by atoms with Crippen LogP contribution in [0.4, 0.5) is 0 Å². The second-order valence-corrected chi connectivity index (χ2v) is 11.7. The lowest BCUT2D eigenvalue weighted by Crippen LogP contribution is -1.89. The average Bonchev–Trinajstić information content (AvgIpc) is 3.65. The Morgan fingerprint density at radius 2 is 1.25 bits per heavy atom. The number of benzene rings is 6. The molecular weight excluding hydrogens is 506 g/mol. The maximum atomic E-state index is 5.17. The summed E-state index contributed by atoms with van der Waals surface area (Å²) < 4.78 is 4.98. The monoisotopic (exact) mass is 525 g/mol. The molecule has 6 aromatic carbocycles. The Labute approximate surface area is 231 Å². The maximum absolute atomic E-state index is 5.17. The minimum atomic E-state index is 0.917. The molecule has 40 heavy (non-hydrogen) atoms. The van der Waals surface area contributed by atoms with Crippen LogP contribution in [0.3, 0.4) is 0 Å². The van der Waals surface area contributed by atoms with Crippen LogP contribution in [0.1, 0.15) is 0 Å². The molecule has 0 bridgehead atoms. The Balaban J connectivity index is 1.40. The first kappa shape index (κ1) is 20.8. The third kappa shape index (κ3) is 2.59. The van der Waals surface area contributed by atoms with Crippen LogP contribution in [0.15, 0.2) is 115 Å². The van der Waals surface area contributed by atoms with E-state index in [1.807, 2.05) is 23.5 Å². The minimum Gasteiger partial charge on any atom is -0.291 e. The third-order valence-corrected chi connectivity index (χ3v) is 9.63. The largest absolute Gasteiger partial charge is 0.291 e. The highest BCUT2D eigenvalue weighted by Crippen LogP contribution is 2.44. The molecule has 0 aliphatic rings. The summed E-state index contributed by atoms with van der Waals surface area (Å²) in [5, 5.41) is 8.82. The Morgan fingerprint density at radius 1 is 0.525 bits per heavy atom. The minimum absolute atomic E-state index is 0.917. The summed E-state index contributed by atoms with van der Waals surface area (Å²) in [6.45, 7) is 0. The third-order valence-electron chi connectivity index (χ3n) is 8.48. The highest BCUT2D eigenvalue weighted by atomic mass is 32.1. The molecule has 0 aliphatic carbocycles. The first-order valence-corrected chi connectivity index (χ1v) is 14.3. The molecule has 0 saturated heterocycles. The highest BCUT2D eigenvalue weighted by Gasteiger charge is 2.22. The van der Waals surface area contributed by atoms with Crippen molar-refractivity contribution in [3.8, 4) is 11.1 Å². The van der Waals surface area contributed by atoms with E-state index in [1.54, 1.807) is 0 Å². The summed E-state index contributed by atoms with van der Waals surface area (Å²) in [4.78, 5) is 10.3. The normalized spacial score (nSPS) is 12.5. The van der Waals surface area contributed by atoms with E-state index >= 15 is 0 Å². The lowest BCUT2D eigenvalue weighted by atomic mass is 9.97. The van der Waals surface area contributed by atoms with Gasteiger partial charge in [-0.25, -0.2) is 9.97 Å². The molecule has 0 aliphatic heterocycles. The quantitative estimate of drug-likeness (QED) is 0.213. The van der Waals surface area contributed by atoms with E-state index in [-0.39, 0.29) is 0 Å². The summed E-state index contributed by atoms with van der Waals surface area (Å²) in [5.74, 6) is 0. The van der Waals surface area contributed by atoms with Crippen molar-refractivity contribution in [3.63, 3.8) is 0 Å². The number of fused-ring (bicyclic) bond motifs is 12. The van der Waals surface area contributed by atoms with Crippen molar-refractivity contribution in [2.75, 3.05) is 0 Å². The van der Waals surface area contributed by atoms with E-state index in [0.29, 0.717) is 0 Å². The van der Waals surface area contributed by atoms with Crippen LogP contribution in [0.25, 0.3) is 91.5 Å². The smallest absolute Gasteiger partial charge is 0.165 e. The van der Waals surface area contributed by atoms with Gasteiger partial charge in [0, 0.05) is 36.3 Å². The van der Waals surface area contributed by atoms with Crippen molar-refractivity contribution < 1.29 is 0 Å². The van der Waals surface area contributed by atoms with Crippen LogP contribution in [0.5, 0.6) is 0 Å². The van der Waals surface area contributed by atoms with Gasteiger partial charge in [0.05, 0.1) is 22.1 Å². The van der Waals surface area contributed by atoms with E-state index in [2.05, 4.69) is 108 Å². The molecular formula is C36H19N3S. The molecule has 0 spiro atoms. The van der Waals surface area contributed by atoms with E-state index in [9.17, 15) is 0 Å². The predicted molar refractivity (Wildman–Crippen MR) is 170 cm³/mol. The molecule has 10 rings (SSSR count). The van der Waals surface area contributed by atoms with Crippen LogP contribution in [-0.4, -0.2) is 14.4 Å². The van der Waals surface area contributed by atoms with Gasteiger partial charge in [-0.05, 0) is 70.4 Å². The van der Waals surface area contributed by atoms with Gasteiger partial charge in [0.15, 0.2) is 5.65 Å². The van der Waals surface area contributed by atoms with Gasteiger partial charge in [0.1, 0.15) is 5.52 Å². The number of hydrogen-bond acceptors (Lipinski definition) is 3. The van der Waals surface area contributed by atoms with Gasteiger partial charge in [0.25, 0.3) is 0 Å². The topological polar surface area (TPSA) is 30.2 Å². The summed E-state index contributed by atoms with van der Waals surface area (Å²) in [5.41, 5.74) is 8.51. The zero-order chi connectivity index (χ0) is 25.9. The fourth-order valence-electron chi connectivity index (χ4n) is 6.72. The molecule has 0 amide bonds. The Kier molecular flexibility index (Phi) is 3.81. The SMILES string of the molecule is c1ccc2c(c1)ccc1c2c2cc(-c3ccc4sc5ccccc5c4c3)cc3c4nc5ccccc5nc4n1c32. The maximum Gasteiger partial charge on any atom is 0.165 e. The van der Waals surface area contributed by atoms with E-state index in [0.717, 1.165) is 27.6 Å². The van der Waals surface area contributed by atoms with Gasteiger partial charge in [-0.3, -0.25) is 4.40 Å². The number of thiophene rings is 1. The lowest BCUT2D eigenvalue weighted by Gasteiger charge is -2.06. The Morgan fingerprint density at radius 3 is 2.17 bits per heavy atom. The van der Waals surface area contributed by atoms with Crippen molar-refractivity contribution in [1.82, 2.24) is 14.4 Å². The molecule has 0 fully saturated rings. The van der Waals surface area contributed by atoms with Crippen LogP contribution in [-0.2, 0) is 0 Å². The lowest BCUT2D eigenvalue weighted by molar-refractivity contribution is 1.28.